The van der Waals surface area contributed by atoms with Crippen LogP contribution in [0.25, 0.3) is 0 Å². The number of carbonyl (C=O) groups excluding carboxylic acids is 2. The van der Waals surface area contributed by atoms with Crippen LogP contribution in [-0.4, -0.2) is 18.2 Å². The van der Waals surface area contributed by atoms with Crippen LogP contribution in [-0.2, 0) is 11.2 Å². The summed E-state index contributed by atoms with van der Waals surface area (Å²) in [5, 5.41) is 1.83. The minimum atomic E-state index is -0.0398. The standard InChI is InChI=1S/C15H11Br2NO2S/c1-8(19)18-3-2-9-4-12(16)11(6-13(9)18)15(20)10-5-14(17)21-7-10/h4-7H,2-3H2,1H3. The molecule has 0 bridgehead atoms. The van der Waals surface area contributed by atoms with Crippen LogP contribution in [0.3, 0.4) is 0 Å². The predicted octanol–water partition coefficient (Wildman–Crippen LogP) is 4.41. The largest absolute Gasteiger partial charge is 0.312 e. The molecule has 3 nitrogen and oxygen atoms in total. The number of hydrogen-bond acceptors (Lipinski definition) is 3. The molecular weight excluding hydrogens is 418 g/mol. The molecule has 3 rings (SSSR count). The fourth-order valence-electron chi connectivity index (χ4n) is 2.49. The van der Waals surface area contributed by atoms with Gasteiger partial charge in [0.1, 0.15) is 0 Å². The molecule has 21 heavy (non-hydrogen) atoms. The van der Waals surface area contributed by atoms with Gasteiger partial charge in [-0.1, -0.05) is 15.9 Å². The lowest BCUT2D eigenvalue weighted by Gasteiger charge is -2.16. The first-order valence-corrected chi connectivity index (χ1v) is 8.83. The number of thiophene rings is 1. The maximum atomic E-state index is 12.6. The number of nitrogens with zero attached hydrogens (tertiary/aromatic N) is 1. The molecule has 1 aromatic carbocycles. The Labute approximate surface area is 143 Å². The van der Waals surface area contributed by atoms with E-state index in [1.165, 1.54) is 11.3 Å². The van der Waals surface area contributed by atoms with Gasteiger partial charge in [-0.25, -0.2) is 0 Å². The van der Waals surface area contributed by atoms with E-state index >= 15 is 0 Å². The summed E-state index contributed by atoms with van der Waals surface area (Å²) in [4.78, 5) is 26.0. The smallest absolute Gasteiger partial charge is 0.223 e. The van der Waals surface area contributed by atoms with E-state index < -0.39 is 0 Å². The minimum Gasteiger partial charge on any atom is -0.312 e. The number of benzene rings is 1. The van der Waals surface area contributed by atoms with Gasteiger partial charge < -0.3 is 4.90 Å². The van der Waals surface area contributed by atoms with Crippen LogP contribution in [0.5, 0.6) is 0 Å². The zero-order valence-corrected chi connectivity index (χ0v) is 15.1. The Kier molecular flexibility index (Phi) is 4.03. The highest BCUT2D eigenvalue weighted by Crippen LogP contribution is 2.35. The molecule has 0 saturated heterocycles. The fraction of sp³-hybridized carbons (Fsp3) is 0.200. The maximum Gasteiger partial charge on any atom is 0.223 e. The zero-order valence-electron chi connectivity index (χ0n) is 11.2. The summed E-state index contributed by atoms with van der Waals surface area (Å²) in [6, 6.07) is 5.59. The summed E-state index contributed by atoms with van der Waals surface area (Å²) in [7, 11) is 0. The molecule has 108 valence electrons. The molecule has 2 aromatic rings. The van der Waals surface area contributed by atoms with Crippen molar-refractivity contribution in [1.82, 2.24) is 0 Å². The first-order chi connectivity index (χ1) is 9.97. The molecule has 2 heterocycles. The number of carbonyl (C=O) groups is 2. The number of hydrogen-bond donors (Lipinski definition) is 0. The van der Waals surface area contributed by atoms with Crippen molar-refractivity contribution in [2.75, 3.05) is 11.4 Å². The third-order valence-corrected chi connectivity index (χ3v) is 5.68. The molecule has 0 N–H and O–H groups in total. The summed E-state index contributed by atoms with van der Waals surface area (Å²) in [6.07, 6.45) is 0.825. The summed E-state index contributed by atoms with van der Waals surface area (Å²) in [6.45, 7) is 2.23. The molecule has 1 aromatic heterocycles. The fourth-order valence-corrected chi connectivity index (χ4v) is 4.20. The van der Waals surface area contributed by atoms with Crippen LogP contribution >= 0.6 is 43.2 Å². The van der Waals surface area contributed by atoms with Crippen molar-refractivity contribution in [3.05, 3.63) is 48.5 Å². The molecule has 0 atom stereocenters. The summed E-state index contributed by atoms with van der Waals surface area (Å²) >= 11 is 8.33. The highest BCUT2D eigenvalue weighted by Gasteiger charge is 2.25. The molecule has 0 fully saturated rings. The second-order valence-electron chi connectivity index (χ2n) is 4.85. The third kappa shape index (κ3) is 2.72. The Balaban J connectivity index is 2.06. The molecule has 0 aliphatic carbocycles. The lowest BCUT2D eigenvalue weighted by atomic mass is 10.0. The van der Waals surface area contributed by atoms with Crippen LogP contribution in [0.2, 0.25) is 0 Å². The molecule has 6 heteroatoms. The Hall–Kier alpha value is -0.980. The number of fused-ring (bicyclic) bond motifs is 1. The van der Waals surface area contributed by atoms with Crippen molar-refractivity contribution < 1.29 is 9.59 Å². The molecule has 1 amide bonds. The van der Waals surface area contributed by atoms with Gasteiger partial charge in [0.15, 0.2) is 5.78 Å². The van der Waals surface area contributed by atoms with Gasteiger partial charge in [-0.3, -0.25) is 9.59 Å². The lowest BCUT2D eigenvalue weighted by Crippen LogP contribution is -2.25. The maximum absolute atomic E-state index is 12.6. The first kappa shape index (κ1) is 14.9. The monoisotopic (exact) mass is 427 g/mol. The topological polar surface area (TPSA) is 37.4 Å². The van der Waals surface area contributed by atoms with Crippen molar-refractivity contribution in [1.29, 1.82) is 0 Å². The van der Waals surface area contributed by atoms with Crippen molar-refractivity contribution >= 4 is 60.6 Å². The van der Waals surface area contributed by atoms with Crippen molar-refractivity contribution in [2.45, 2.75) is 13.3 Å². The van der Waals surface area contributed by atoms with E-state index in [1.807, 2.05) is 23.6 Å². The number of ketones is 1. The van der Waals surface area contributed by atoms with Gasteiger partial charge in [0.05, 0.1) is 3.79 Å². The van der Waals surface area contributed by atoms with E-state index in [1.54, 1.807) is 11.8 Å². The van der Waals surface area contributed by atoms with Crippen LogP contribution in [0.4, 0.5) is 5.69 Å². The molecule has 1 aliphatic heterocycles. The van der Waals surface area contributed by atoms with Crippen molar-refractivity contribution in [3.63, 3.8) is 0 Å². The van der Waals surface area contributed by atoms with Gasteiger partial charge in [0, 0.05) is 40.1 Å². The average Bonchev–Trinajstić information content (AvgIpc) is 3.02. The molecule has 0 radical (unpaired) electrons. The average molecular weight is 429 g/mol. The van der Waals surface area contributed by atoms with Crippen molar-refractivity contribution in [3.8, 4) is 0 Å². The van der Waals surface area contributed by atoms with Crippen molar-refractivity contribution in [2.24, 2.45) is 0 Å². The number of amides is 1. The highest BCUT2D eigenvalue weighted by molar-refractivity contribution is 9.11. The van der Waals surface area contributed by atoms with E-state index in [2.05, 4.69) is 31.9 Å². The normalized spacial score (nSPS) is 13.4. The molecule has 0 spiro atoms. The molecule has 1 aliphatic rings. The van der Waals surface area contributed by atoms with Gasteiger partial charge in [0.2, 0.25) is 5.91 Å². The Bertz CT molecular complexity index is 754. The SMILES string of the molecule is CC(=O)N1CCc2cc(Br)c(C(=O)c3csc(Br)c3)cc21. The molecular formula is C15H11Br2NO2S. The van der Waals surface area contributed by atoms with E-state index in [0.29, 0.717) is 17.7 Å². The molecule has 0 saturated carbocycles. The quantitative estimate of drug-likeness (QED) is 0.664. The first-order valence-electron chi connectivity index (χ1n) is 6.36. The van der Waals surface area contributed by atoms with Gasteiger partial charge in [0.25, 0.3) is 0 Å². The second-order valence-corrected chi connectivity index (χ2v) is 7.99. The van der Waals surface area contributed by atoms with E-state index in [9.17, 15) is 9.59 Å². The Morgan fingerprint density at radius 2 is 2.00 bits per heavy atom. The van der Waals surface area contributed by atoms with E-state index in [-0.39, 0.29) is 11.7 Å². The molecule has 0 unspecified atom stereocenters. The highest BCUT2D eigenvalue weighted by atomic mass is 79.9. The van der Waals surface area contributed by atoms with Gasteiger partial charge in [-0.05, 0) is 46.1 Å². The number of halogens is 2. The zero-order chi connectivity index (χ0) is 15.1. The Morgan fingerprint density at radius 1 is 1.24 bits per heavy atom. The van der Waals surface area contributed by atoms with Gasteiger partial charge >= 0.3 is 0 Å². The minimum absolute atomic E-state index is 0.00718. The second kappa shape index (κ2) is 5.66. The summed E-state index contributed by atoms with van der Waals surface area (Å²) < 4.78 is 1.70. The van der Waals surface area contributed by atoms with E-state index in [4.69, 9.17) is 0 Å². The van der Waals surface area contributed by atoms with Crippen LogP contribution in [0.15, 0.2) is 31.8 Å². The number of rotatable bonds is 2. The van der Waals surface area contributed by atoms with Gasteiger partial charge in [-0.2, -0.15) is 0 Å². The summed E-state index contributed by atoms with van der Waals surface area (Å²) in [5.41, 5.74) is 3.19. The van der Waals surface area contributed by atoms with Crippen LogP contribution < -0.4 is 4.90 Å². The third-order valence-electron chi connectivity index (χ3n) is 3.52. The number of anilines is 1. The predicted molar refractivity (Wildman–Crippen MR) is 91.3 cm³/mol. The van der Waals surface area contributed by atoms with Crippen LogP contribution in [0.1, 0.15) is 28.4 Å². The van der Waals surface area contributed by atoms with E-state index in [0.717, 1.165) is 25.9 Å². The van der Waals surface area contributed by atoms with Gasteiger partial charge in [-0.15, -0.1) is 11.3 Å². The Morgan fingerprint density at radius 3 is 2.62 bits per heavy atom. The van der Waals surface area contributed by atoms with Crippen LogP contribution in [0, 0.1) is 0 Å². The lowest BCUT2D eigenvalue weighted by molar-refractivity contribution is -0.116. The summed E-state index contributed by atoms with van der Waals surface area (Å²) in [5.74, 6) is -0.0326.